The maximum Gasteiger partial charge on any atom is 0.0702 e. The highest BCUT2D eigenvalue weighted by Gasteiger charge is 2.21. The van der Waals surface area contributed by atoms with Crippen LogP contribution in [0.4, 0.5) is 22.7 Å². The third-order valence-corrected chi connectivity index (χ3v) is 10.8. The third kappa shape index (κ3) is 5.52. The van der Waals surface area contributed by atoms with Crippen LogP contribution < -0.4 is 10.6 Å². The summed E-state index contributed by atoms with van der Waals surface area (Å²) < 4.78 is 4.81. The highest BCUT2D eigenvalue weighted by Crippen LogP contribution is 2.43. The second-order valence-corrected chi connectivity index (χ2v) is 14.4. The Bertz CT molecular complexity index is 3040. The van der Waals surface area contributed by atoms with Gasteiger partial charge >= 0.3 is 0 Å². The first kappa shape index (κ1) is 32.5. The van der Waals surface area contributed by atoms with Gasteiger partial charge in [-0.15, -0.1) is 0 Å². The second kappa shape index (κ2) is 13.1. The van der Waals surface area contributed by atoms with E-state index in [9.17, 15) is 0 Å². The minimum absolute atomic E-state index is 0.950. The number of fused-ring (bicyclic) bond motifs is 7. The van der Waals surface area contributed by atoms with Crippen molar-refractivity contribution in [1.29, 1.82) is 0 Å². The second-order valence-electron chi connectivity index (χ2n) is 14.4. The Balaban J connectivity index is 1.17. The number of nitrogens with one attached hydrogen (secondary N) is 2. The molecule has 0 saturated heterocycles. The fourth-order valence-electron chi connectivity index (χ4n) is 8.48. The number of aryl methyl sites for hydroxylation is 3. The monoisotopic (exact) mass is 709 g/mol. The summed E-state index contributed by atoms with van der Waals surface area (Å²) in [6.45, 7) is 6.48. The van der Waals surface area contributed by atoms with Gasteiger partial charge in [-0.1, -0.05) is 90.5 Å². The lowest BCUT2D eigenvalue weighted by Gasteiger charge is -2.18. The molecule has 0 radical (unpaired) electrons. The summed E-state index contributed by atoms with van der Waals surface area (Å²) in [4.78, 5) is 4.73. The SMILES string of the molecule is Cc1cc(C)c(Nc2ccccc2Nc2cccc(-n3c4cc(-c5ccccn5)ccc4c4c5c6ccccc6n(-c6ccccc6)c5ccc43)c2)c(C)c1. The predicted octanol–water partition coefficient (Wildman–Crippen LogP) is 13.4. The molecule has 5 nitrogen and oxygen atoms in total. The summed E-state index contributed by atoms with van der Waals surface area (Å²) in [5.41, 5.74) is 16.8. The van der Waals surface area contributed by atoms with Crippen LogP contribution in [-0.2, 0) is 0 Å². The number of anilines is 4. The average Bonchev–Trinajstić information content (AvgIpc) is 3.73. The first-order chi connectivity index (χ1) is 27.0. The van der Waals surface area contributed by atoms with Crippen molar-refractivity contribution in [3.8, 4) is 22.6 Å². The Labute approximate surface area is 320 Å². The van der Waals surface area contributed by atoms with E-state index in [2.05, 4.69) is 192 Å². The topological polar surface area (TPSA) is 46.8 Å². The Kier molecular flexibility index (Phi) is 7.74. The molecule has 2 N–H and O–H groups in total. The molecule has 0 unspecified atom stereocenters. The van der Waals surface area contributed by atoms with Crippen LogP contribution in [0.2, 0.25) is 0 Å². The summed E-state index contributed by atoms with van der Waals surface area (Å²) >= 11 is 0. The quantitative estimate of drug-likeness (QED) is 0.173. The van der Waals surface area contributed by atoms with Crippen molar-refractivity contribution in [3.05, 3.63) is 187 Å². The Morgan fingerprint density at radius 1 is 0.455 bits per heavy atom. The van der Waals surface area contributed by atoms with Gasteiger partial charge in [-0.05, 0) is 111 Å². The van der Waals surface area contributed by atoms with E-state index in [1.54, 1.807) is 0 Å². The van der Waals surface area contributed by atoms with Crippen LogP contribution in [0.15, 0.2) is 170 Å². The van der Waals surface area contributed by atoms with Crippen molar-refractivity contribution in [1.82, 2.24) is 14.1 Å². The first-order valence-electron chi connectivity index (χ1n) is 18.8. The molecule has 0 aliphatic carbocycles. The summed E-state index contributed by atoms with van der Waals surface area (Å²) in [6, 6.07) is 58.5. The molecule has 55 heavy (non-hydrogen) atoms. The van der Waals surface area contributed by atoms with E-state index in [0.29, 0.717) is 0 Å². The lowest BCUT2D eigenvalue weighted by Crippen LogP contribution is -2.01. The average molecular weight is 710 g/mol. The molecule has 3 heterocycles. The molecule has 10 aromatic rings. The highest BCUT2D eigenvalue weighted by molar-refractivity contribution is 6.29. The van der Waals surface area contributed by atoms with Gasteiger partial charge in [0.2, 0.25) is 0 Å². The van der Waals surface area contributed by atoms with Crippen LogP contribution in [0.25, 0.3) is 66.2 Å². The summed E-state index contributed by atoms with van der Waals surface area (Å²) in [5.74, 6) is 0. The lowest BCUT2D eigenvalue weighted by molar-refractivity contribution is 1.17. The zero-order valence-corrected chi connectivity index (χ0v) is 31.0. The highest BCUT2D eigenvalue weighted by atomic mass is 15.0. The van der Waals surface area contributed by atoms with E-state index in [1.807, 2.05) is 18.3 Å². The van der Waals surface area contributed by atoms with Gasteiger partial charge in [-0.2, -0.15) is 0 Å². The fraction of sp³-hybridized carbons (Fsp3) is 0.0600. The maximum atomic E-state index is 4.73. The Morgan fingerprint density at radius 3 is 1.84 bits per heavy atom. The minimum atomic E-state index is 0.950. The van der Waals surface area contributed by atoms with Crippen molar-refractivity contribution >= 4 is 66.4 Å². The predicted molar refractivity (Wildman–Crippen MR) is 232 cm³/mol. The van der Waals surface area contributed by atoms with Gasteiger partial charge in [-0.3, -0.25) is 4.98 Å². The van der Waals surface area contributed by atoms with Crippen LogP contribution in [-0.4, -0.2) is 14.1 Å². The smallest absolute Gasteiger partial charge is 0.0702 e. The van der Waals surface area contributed by atoms with Crippen LogP contribution in [0.1, 0.15) is 16.7 Å². The van der Waals surface area contributed by atoms with Crippen molar-refractivity contribution in [2.24, 2.45) is 0 Å². The molecule has 0 bridgehead atoms. The van der Waals surface area contributed by atoms with Gasteiger partial charge in [0.1, 0.15) is 0 Å². The number of nitrogens with zero attached hydrogens (tertiary/aromatic N) is 3. The third-order valence-electron chi connectivity index (χ3n) is 10.8. The van der Waals surface area contributed by atoms with Gasteiger partial charge < -0.3 is 19.8 Å². The molecular formula is C50H39N5. The van der Waals surface area contributed by atoms with Crippen molar-refractivity contribution in [2.75, 3.05) is 10.6 Å². The largest absolute Gasteiger partial charge is 0.354 e. The molecule has 0 spiro atoms. The van der Waals surface area contributed by atoms with E-state index < -0.39 is 0 Å². The molecule has 0 aliphatic rings. The molecular weight excluding hydrogens is 671 g/mol. The van der Waals surface area contributed by atoms with E-state index in [1.165, 1.54) is 49.3 Å². The zero-order valence-electron chi connectivity index (χ0n) is 31.0. The van der Waals surface area contributed by atoms with Crippen molar-refractivity contribution in [2.45, 2.75) is 20.8 Å². The lowest BCUT2D eigenvalue weighted by atomic mass is 10.0. The van der Waals surface area contributed by atoms with Crippen molar-refractivity contribution < 1.29 is 0 Å². The van der Waals surface area contributed by atoms with Crippen LogP contribution in [0.3, 0.4) is 0 Å². The molecule has 10 rings (SSSR count). The van der Waals surface area contributed by atoms with Gasteiger partial charge in [0.15, 0.2) is 0 Å². The number of para-hydroxylation sites is 4. The standard InChI is InChI=1S/C50H39N5/c1-32-28-33(2)50(34(3)29-32)53-43-21-9-8-20-42(43)52-36-14-13-17-38(31-36)55-46-26-25-45-48(39-18-7-10-22-44(39)54(45)37-15-5-4-6-16-37)49(46)40-24-23-35(30-47(40)55)41-19-11-12-27-51-41/h4-31,52-53H,1-3H3. The maximum absolute atomic E-state index is 4.73. The van der Waals surface area contributed by atoms with Gasteiger partial charge in [0.05, 0.1) is 39.1 Å². The molecule has 264 valence electrons. The van der Waals surface area contributed by atoms with Crippen LogP contribution >= 0.6 is 0 Å². The summed E-state index contributed by atoms with van der Waals surface area (Å²) in [5, 5.41) is 12.4. The molecule has 5 heteroatoms. The summed E-state index contributed by atoms with van der Waals surface area (Å²) in [7, 11) is 0. The molecule has 0 amide bonds. The van der Waals surface area contributed by atoms with Gasteiger partial charge in [-0.25, -0.2) is 0 Å². The summed E-state index contributed by atoms with van der Waals surface area (Å²) in [6.07, 6.45) is 1.86. The number of pyridine rings is 1. The Hall–Kier alpha value is -7.11. The molecule has 0 aliphatic heterocycles. The molecule has 3 aromatic heterocycles. The zero-order chi connectivity index (χ0) is 37.0. The molecule has 7 aromatic carbocycles. The van der Waals surface area contributed by atoms with Crippen LogP contribution in [0.5, 0.6) is 0 Å². The van der Waals surface area contributed by atoms with E-state index in [0.717, 1.165) is 56.4 Å². The minimum Gasteiger partial charge on any atom is -0.354 e. The molecule has 0 saturated carbocycles. The molecule has 0 atom stereocenters. The number of rotatable bonds is 7. The number of aromatic nitrogens is 3. The van der Waals surface area contributed by atoms with E-state index in [-0.39, 0.29) is 0 Å². The molecule has 0 fully saturated rings. The van der Waals surface area contributed by atoms with Crippen LogP contribution in [0, 0.1) is 20.8 Å². The first-order valence-corrected chi connectivity index (χ1v) is 18.8. The normalized spacial score (nSPS) is 11.5. The number of hydrogen-bond donors (Lipinski definition) is 2. The van der Waals surface area contributed by atoms with Gasteiger partial charge in [0.25, 0.3) is 0 Å². The van der Waals surface area contributed by atoms with E-state index in [4.69, 9.17) is 4.98 Å². The van der Waals surface area contributed by atoms with E-state index >= 15 is 0 Å². The van der Waals surface area contributed by atoms with Gasteiger partial charge in [0, 0.05) is 56.1 Å². The van der Waals surface area contributed by atoms with Crippen molar-refractivity contribution in [3.63, 3.8) is 0 Å². The number of benzene rings is 7. The number of hydrogen-bond acceptors (Lipinski definition) is 3. The fourth-order valence-corrected chi connectivity index (χ4v) is 8.48. The Morgan fingerprint density at radius 2 is 1.09 bits per heavy atom.